The van der Waals surface area contributed by atoms with Crippen LogP contribution >= 0.6 is 15.9 Å². The van der Waals surface area contributed by atoms with Crippen LogP contribution in [-0.2, 0) is 16.6 Å². The van der Waals surface area contributed by atoms with Crippen molar-refractivity contribution in [3.63, 3.8) is 0 Å². The Labute approximate surface area is 130 Å². The summed E-state index contributed by atoms with van der Waals surface area (Å²) in [5.41, 5.74) is 0.866. The smallest absolute Gasteiger partial charge is 0.241 e. The van der Waals surface area contributed by atoms with Gasteiger partial charge in [0, 0.05) is 17.2 Å². The Morgan fingerprint density at radius 1 is 1.29 bits per heavy atom. The Hall–Kier alpha value is -1.51. The molecule has 21 heavy (non-hydrogen) atoms. The van der Waals surface area contributed by atoms with Crippen LogP contribution in [0.1, 0.15) is 5.56 Å². The molecule has 0 aliphatic carbocycles. The first-order chi connectivity index (χ1) is 9.92. The fraction of sp³-hybridized carbons (Fsp3) is 0.154. The van der Waals surface area contributed by atoms with Crippen molar-refractivity contribution in [2.75, 3.05) is 12.4 Å². The molecule has 1 aromatic carbocycles. The van der Waals surface area contributed by atoms with Crippen LogP contribution < -0.4 is 10.0 Å². The number of halogens is 2. The number of sulfonamides is 1. The van der Waals surface area contributed by atoms with E-state index in [9.17, 15) is 12.8 Å². The fourth-order valence-corrected chi connectivity index (χ4v) is 2.78. The van der Waals surface area contributed by atoms with Gasteiger partial charge in [-0.3, -0.25) is 0 Å². The largest absolute Gasteiger partial charge is 0.366 e. The molecule has 0 spiro atoms. The average molecular weight is 374 g/mol. The number of hydrogen-bond donors (Lipinski definition) is 2. The predicted molar refractivity (Wildman–Crippen MR) is 81.9 cm³/mol. The van der Waals surface area contributed by atoms with Crippen molar-refractivity contribution in [1.29, 1.82) is 0 Å². The highest BCUT2D eigenvalue weighted by molar-refractivity contribution is 9.10. The summed E-state index contributed by atoms with van der Waals surface area (Å²) in [6.07, 6.45) is 1.27. The molecule has 2 aromatic rings. The van der Waals surface area contributed by atoms with E-state index in [0.717, 1.165) is 5.56 Å². The molecular formula is C13H13BrFN3O2S. The standard InChI is InChI=1S/C13H13BrFN3O2S/c1-16-21(19,20)11-4-5-13(18-8-11)17-7-9-2-3-10(15)6-12(9)14/h2-6,8,16H,7H2,1H3,(H,17,18). The van der Waals surface area contributed by atoms with E-state index >= 15 is 0 Å². The predicted octanol–water partition coefficient (Wildman–Crippen LogP) is 2.50. The molecule has 0 aliphatic heterocycles. The summed E-state index contributed by atoms with van der Waals surface area (Å²) in [5.74, 6) is 0.214. The van der Waals surface area contributed by atoms with E-state index < -0.39 is 10.0 Å². The molecular weight excluding hydrogens is 361 g/mol. The zero-order chi connectivity index (χ0) is 15.5. The Bertz CT molecular complexity index is 736. The molecule has 0 amide bonds. The van der Waals surface area contributed by atoms with Gasteiger partial charge in [0.25, 0.3) is 0 Å². The van der Waals surface area contributed by atoms with Crippen LogP contribution in [0.3, 0.4) is 0 Å². The van der Waals surface area contributed by atoms with Crippen molar-refractivity contribution in [2.45, 2.75) is 11.4 Å². The summed E-state index contributed by atoms with van der Waals surface area (Å²) in [5, 5.41) is 3.04. The second kappa shape index (κ2) is 6.50. The van der Waals surface area contributed by atoms with Crippen LogP contribution in [0.4, 0.5) is 10.2 Å². The number of pyridine rings is 1. The maximum Gasteiger partial charge on any atom is 0.241 e. The third-order valence-corrected chi connectivity index (χ3v) is 4.93. The summed E-state index contributed by atoms with van der Waals surface area (Å²) in [6, 6.07) is 7.44. The van der Waals surface area contributed by atoms with Crippen LogP contribution in [0.25, 0.3) is 0 Å². The van der Waals surface area contributed by atoms with E-state index in [1.807, 2.05) is 0 Å². The van der Waals surface area contributed by atoms with Gasteiger partial charge in [0.15, 0.2) is 0 Å². The van der Waals surface area contributed by atoms with Crippen molar-refractivity contribution in [3.05, 3.63) is 52.4 Å². The van der Waals surface area contributed by atoms with Crippen LogP contribution in [0.5, 0.6) is 0 Å². The quantitative estimate of drug-likeness (QED) is 0.844. The van der Waals surface area contributed by atoms with Gasteiger partial charge in [-0.1, -0.05) is 22.0 Å². The molecule has 0 fully saturated rings. The maximum absolute atomic E-state index is 13.0. The molecule has 2 N–H and O–H groups in total. The highest BCUT2D eigenvalue weighted by Gasteiger charge is 2.11. The van der Waals surface area contributed by atoms with Gasteiger partial charge in [0.2, 0.25) is 10.0 Å². The molecule has 0 atom stereocenters. The number of rotatable bonds is 5. The monoisotopic (exact) mass is 373 g/mol. The number of hydrogen-bond acceptors (Lipinski definition) is 4. The molecule has 8 heteroatoms. The summed E-state index contributed by atoms with van der Waals surface area (Å²) in [7, 11) is -2.14. The minimum atomic E-state index is -3.48. The van der Waals surface area contributed by atoms with E-state index in [2.05, 4.69) is 31.0 Å². The third-order valence-electron chi connectivity index (χ3n) is 2.79. The first-order valence-corrected chi connectivity index (χ1v) is 8.27. The number of benzene rings is 1. The molecule has 0 aliphatic rings. The maximum atomic E-state index is 13.0. The second-order valence-corrected chi connectivity index (χ2v) is 6.92. The number of aromatic nitrogens is 1. The molecule has 1 heterocycles. The van der Waals surface area contributed by atoms with E-state index in [4.69, 9.17) is 0 Å². The number of anilines is 1. The lowest BCUT2D eigenvalue weighted by atomic mass is 10.2. The van der Waals surface area contributed by atoms with Crippen LogP contribution in [0, 0.1) is 5.82 Å². The summed E-state index contributed by atoms with van der Waals surface area (Å²) < 4.78 is 39.0. The Morgan fingerprint density at radius 2 is 2.05 bits per heavy atom. The number of nitrogens with zero attached hydrogens (tertiary/aromatic N) is 1. The molecule has 0 radical (unpaired) electrons. The van der Waals surface area contributed by atoms with Crippen molar-refractivity contribution in [3.8, 4) is 0 Å². The molecule has 0 bridgehead atoms. The highest BCUT2D eigenvalue weighted by Crippen LogP contribution is 2.19. The minimum absolute atomic E-state index is 0.0958. The van der Waals surface area contributed by atoms with Crippen molar-refractivity contribution < 1.29 is 12.8 Å². The topological polar surface area (TPSA) is 71.1 Å². The lowest BCUT2D eigenvalue weighted by Crippen LogP contribution is -2.18. The van der Waals surface area contributed by atoms with E-state index in [-0.39, 0.29) is 10.7 Å². The third kappa shape index (κ3) is 3.99. The lowest BCUT2D eigenvalue weighted by molar-refractivity contribution is 0.588. The van der Waals surface area contributed by atoms with Gasteiger partial charge in [-0.15, -0.1) is 0 Å². The normalized spacial score (nSPS) is 11.4. The van der Waals surface area contributed by atoms with Gasteiger partial charge in [-0.2, -0.15) is 0 Å². The zero-order valence-electron chi connectivity index (χ0n) is 11.1. The second-order valence-electron chi connectivity index (χ2n) is 4.18. The first-order valence-electron chi connectivity index (χ1n) is 6.00. The van der Waals surface area contributed by atoms with Gasteiger partial charge in [0.1, 0.15) is 16.5 Å². The molecule has 0 saturated carbocycles. The first kappa shape index (κ1) is 15.9. The van der Waals surface area contributed by atoms with Gasteiger partial charge >= 0.3 is 0 Å². The summed E-state index contributed by atoms with van der Waals surface area (Å²) >= 11 is 3.28. The Kier molecular flexibility index (Phi) is 4.92. The molecule has 112 valence electrons. The fourth-order valence-electron chi connectivity index (χ4n) is 1.61. The molecule has 5 nitrogen and oxygen atoms in total. The van der Waals surface area contributed by atoms with E-state index in [1.54, 1.807) is 12.1 Å². The van der Waals surface area contributed by atoms with E-state index in [1.165, 1.54) is 31.4 Å². The van der Waals surface area contributed by atoms with Gasteiger partial charge in [0.05, 0.1) is 0 Å². The summed E-state index contributed by atoms with van der Waals surface area (Å²) in [4.78, 5) is 4.13. The number of nitrogens with one attached hydrogen (secondary N) is 2. The Morgan fingerprint density at radius 3 is 2.62 bits per heavy atom. The van der Waals surface area contributed by atoms with Crippen LogP contribution in [0.2, 0.25) is 0 Å². The highest BCUT2D eigenvalue weighted by atomic mass is 79.9. The minimum Gasteiger partial charge on any atom is -0.366 e. The van der Waals surface area contributed by atoms with Gasteiger partial charge in [-0.05, 0) is 36.9 Å². The van der Waals surface area contributed by atoms with Crippen molar-refractivity contribution >= 4 is 31.8 Å². The van der Waals surface area contributed by atoms with Crippen LogP contribution in [-0.4, -0.2) is 20.4 Å². The van der Waals surface area contributed by atoms with Crippen molar-refractivity contribution in [1.82, 2.24) is 9.71 Å². The van der Waals surface area contributed by atoms with Gasteiger partial charge < -0.3 is 5.32 Å². The zero-order valence-corrected chi connectivity index (χ0v) is 13.5. The van der Waals surface area contributed by atoms with E-state index in [0.29, 0.717) is 16.8 Å². The van der Waals surface area contributed by atoms with Crippen molar-refractivity contribution in [2.24, 2.45) is 0 Å². The Balaban J connectivity index is 2.07. The lowest BCUT2D eigenvalue weighted by Gasteiger charge is -2.08. The molecule has 0 saturated heterocycles. The van der Waals surface area contributed by atoms with Gasteiger partial charge in [-0.25, -0.2) is 22.5 Å². The van der Waals surface area contributed by atoms with Crippen LogP contribution in [0.15, 0.2) is 45.9 Å². The average Bonchev–Trinajstić information content (AvgIpc) is 2.47. The molecule has 1 aromatic heterocycles. The summed E-state index contributed by atoms with van der Waals surface area (Å²) in [6.45, 7) is 0.436. The molecule has 0 unspecified atom stereocenters. The molecule has 2 rings (SSSR count). The SMILES string of the molecule is CNS(=O)(=O)c1ccc(NCc2ccc(F)cc2Br)nc1.